The lowest BCUT2D eigenvalue weighted by atomic mass is 10.1. The van der Waals surface area contributed by atoms with Crippen molar-refractivity contribution in [2.75, 3.05) is 26.7 Å². The van der Waals surface area contributed by atoms with Crippen LogP contribution in [0.4, 0.5) is 4.79 Å². The molecule has 1 aromatic carbocycles. The van der Waals surface area contributed by atoms with E-state index >= 15 is 0 Å². The number of urea groups is 1. The van der Waals surface area contributed by atoms with Crippen LogP contribution in [-0.2, 0) is 6.42 Å². The van der Waals surface area contributed by atoms with E-state index < -0.39 is 0 Å². The quantitative estimate of drug-likeness (QED) is 0.859. The molecule has 2 aromatic rings. The molecule has 1 aliphatic heterocycles. The van der Waals surface area contributed by atoms with Gasteiger partial charge in [-0.05, 0) is 24.1 Å². The average molecular weight is 356 g/mol. The molecule has 0 saturated carbocycles. The van der Waals surface area contributed by atoms with Gasteiger partial charge >= 0.3 is 6.03 Å². The maximum Gasteiger partial charge on any atom is 0.317 e. The van der Waals surface area contributed by atoms with Gasteiger partial charge in [0.1, 0.15) is 11.9 Å². The number of nitrogens with one attached hydrogen (secondary N) is 1. The molecular formula is C19H24N4O3. The fourth-order valence-corrected chi connectivity index (χ4v) is 2.91. The zero-order chi connectivity index (χ0) is 18.2. The van der Waals surface area contributed by atoms with E-state index in [4.69, 9.17) is 9.47 Å². The van der Waals surface area contributed by atoms with Crippen LogP contribution in [0.25, 0.3) is 0 Å². The number of carbonyl (C=O) groups excluding carboxylic acids is 1. The van der Waals surface area contributed by atoms with E-state index in [0.717, 1.165) is 25.0 Å². The highest BCUT2D eigenvalue weighted by Crippen LogP contribution is 2.16. The third kappa shape index (κ3) is 5.08. The number of nitrogens with zero attached hydrogens (tertiary/aromatic N) is 3. The second-order valence-electron chi connectivity index (χ2n) is 6.18. The van der Waals surface area contributed by atoms with E-state index in [2.05, 4.69) is 15.3 Å². The number of methoxy groups -OCH3 is 1. The first-order valence-electron chi connectivity index (χ1n) is 8.83. The molecule has 0 radical (unpaired) electrons. The molecule has 138 valence electrons. The monoisotopic (exact) mass is 356 g/mol. The van der Waals surface area contributed by atoms with Gasteiger partial charge in [0.05, 0.1) is 13.3 Å². The van der Waals surface area contributed by atoms with Crippen molar-refractivity contribution < 1.29 is 14.3 Å². The summed E-state index contributed by atoms with van der Waals surface area (Å²) in [6.07, 6.45) is 7.30. The number of hydrogen-bond donors (Lipinski definition) is 1. The third-order valence-corrected chi connectivity index (χ3v) is 4.41. The molecule has 0 aliphatic carbocycles. The van der Waals surface area contributed by atoms with Crippen molar-refractivity contribution in [1.29, 1.82) is 0 Å². The Bertz CT molecular complexity index is 686. The van der Waals surface area contributed by atoms with E-state index in [1.165, 1.54) is 5.56 Å². The lowest BCUT2D eigenvalue weighted by Crippen LogP contribution is -2.46. The Morgan fingerprint density at radius 2 is 2.00 bits per heavy atom. The third-order valence-electron chi connectivity index (χ3n) is 4.41. The lowest BCUT2D eigenvalue weighted by molar-refractivity contribution is 0.107. The molecule has 0 spiro atoms. The lowest BCUT2D eigenvalue weighted by Gasteiger charge is -2.31. The molecule has 1 aliphatic rings. The number of carbonyl (C=O) groups is 1. The maximum atomic E-state index is 12.3. The Hall–Kier alpha value is -2.83. The van der Waals surface area contributed by atoms with Crippen LogP contribution in [0, 0.1) is 0 Å². The van der Waals surface area contributed by atoms with Crippen LogP contribution in [0.5, 0.6) is 11.6 Å². The molecule has 1 aromatic heterocycles. The molecule has 0 unspecified atom stereocenters. The first-order valence-corrected chi connectivity index (χ1v) is 8.83. The zero-order valence-electron chi connectivity index (χ0n) is 14.9. The highest BCUT2D eigenvalue weighted by molar-refractivity contribution is 5.74. The molecular weight excluding hydrogens is 332 g/mol. The van der Waals surface area contributed by atoms with Crippen LogP contribution in [0.3, 0.4) is 0 Å². The number of rotatable bonds is 6. The number of amides is 2. The van der Waals surface area contributed by atoms with Crippen molar-refractivity contribution in [2.45, 2.75) is 25.4 Å². The summed E-state index contributed by atoms with van der Waals surface area (Å²) in [5.41, 5.74) is 1.17. The fraction of sp³-hybridized carbons (Fsp3) is 0.421. The minimum atomic E-state index is -0.0172. The van der Waals surface area contributed by atoms with E-state index in [-0.39, 0.29) is 12.1 Å². The first-order chi connectivity index (χ1) is 12.7. The number of likely N-dealkylation sites (tertiary alicyclic amines) is 1. The van der Waals surface area contributed by atoms with Gasteiger partial charge in [0.25, 0.3) is 0 Å². The highest BCUT2D eigenvalue weighted by Gasteiger charge is 2.24. The van der Waals surface area contributed by atoms with Gasteiger partial charge in [-0.1, -0.05) is 12.1 Å². The molecule has 0 bridgehead atoms. The van der Waals surface area contributed by atoms with Gasteiger partial charge in [0, 0.05) is 44.9 Å². The Morgan fingerprint density at radius 1 is 1.23 bits per heavy atom. The summed E-state index contributed by atoms with van der Waals surface area (Å²) < 4.78 is 10.9. The Balaban J connectivity index is 1.36. The van der Waals surface area contributed by atoms with Crippen molar-refractivity contribution >= 4 is 6.03 Å². The summed E-state index contributed by atoms with van der Waals surface area (Å²) in [6, 6.07) is 7.87. The molecule has 2 heterocycles. The van der Waals surface area contributed by atoms with Crippen LogP contribution in [0.15, 0.2) is 42.9 Å². The van der Waals surface area contributed by atoms with Gasteiger partial charge in [-0.25, -0.2) is 9.78 Å². The van der Waals surface area contributed by atoms with Crippen molar-refractivity contribution in [3.05, 3.63) is 48.4 Å². The van der Waals surface area contributed by atoms with Gasteiger partial charge in [-0.2, -0.15) is 0 Å². The summed E-state index contributed by atoms with van der Waals surface area (Å²) in [5.74, 6) is 1.37. The van der Waals surface area contributed by atoms with Gasteiger partial charge < -0.3 is 19.7 Å². The SMILES string of the molecule is COc1ccc(CCNC(=O)N2CCC(Oc3cnccn3)CC2)cc1. The van der Waals surface area contributed by atoms with Gasteiger partial charge in [0.2, 0.25) is 5.88 Å². The van der Waals surface area contributed by atoms with Gasteiger partial charge in [-0.15, -0.1) is 0 Å². The van der Waals surface area contributed by atoms with Crippen LogP contribution >= 0.6 is 0 Å². The molecule has 1 saturated heterocycles. The van der Waals surface area contributed by atoms with Crippen LogP contribution in [0.2, 0.25) is 0 Å². The van der Waals surface area contributed by atoms with E-state index in [1.807, 2.05) is 29.2 Å². The largest absolute Gasteiger partial charge is 0.497 e. The molecule has 2 amide bonds. The summed E-state index contributed by atoms with van der Waals surface area (Å²) in [7, 11) is 1.65. The van der Waals surface area contributed by atoms with Crippen molar-refractivity contribution in [3.8, 4) is 11.6 Å². The van der Waals surface area contributed by atoms with Crippen LogP contribution in [-0.4, -0.2) is 53.7 Å². The number of hydrogen-bond acceptors (Lipinski definition) is 5. The fourth-order valence-electron chi connectivity index (χ4n) is 2.91. The maximum absolute atomic E-state index is 12.3. The molecule has 26 heavy (non-hydrogen) atoms. The molecule has 7 heteroatoms. The average Bonchev–Trinajstić information content (AvgIpc) is 2.70. The minimum absolute atomic E-state index is 0.0172. The van der Waals surface area contributed by atoms with Gasteiger partial charge in [-0.3, -0.25) is 4.98 Å². The Kier molecular flexibility index (Phi) is 6.24. The molecule has 0 atom stereocenters. The van der Waals surface area contributed by atoms with Crippen LogP contribution < -0.4 is 14.8 Å². The number of benzene rings is 1. The summed E-state index contributed by atoms with van der Waals surface area (Å²) in [6.45, 7) is 1.97. The highest BCUT2D eigenvalue weighted by atomic mass is 16.5. The molecule has 7 nitrogen and oxygen atoms in total. The summed E-state index contributed by atoms with van der Waals surface area (Å²) in [4.78, 5) is 22.2. The van der Waals surface area contributed by atoms with Gasteiger partial charge in [0.15, 0.2) is 0 Å². The standard InChI is InChI=1S/C19H24N4O3/c1-25-16-4-2-15(3-5-16)6-9-22-19(24)23-12-7-17(8-13-23)26-18-14-20-10-11-21-18/h2-5,10-11,14,17H,6-9,12-13H2,1H3,(H,22,24). The predicted octanol–water partition coefficient (Wildman–Crippen LogP) is 2.28. The predicted molar refractivity (Wildman–Crippen MR) is 97.4 cm³/mol. The Morgan fingerprint density at radius 3 is 2.65 bits per heavy atom. The number of aromatic nitrogens is 2. The second-order valence-corrected chi connectivity index (χ2v) is 6.18. The molecule has 1 fully saturated rings. The zero-order valence-corrected chi connectivity index (χ0v) is 14.9. The van der Waals surface area contributed by atoms with E-state index in [9.17, 15) is 4.79 Å². The number of piperidine rings is 1. The summed E-state index contributed by atoms with van der Waals surface area (Å²) in [5, 5.41) is 2.99. The van der Waals surface area contributed by atoms with E-state index in [0.29, 0.717) is 25.5 Å². The molecule has 1 N–H and O–H groups in total. The minimum Gasteiger partial charge on any atom is -0.497 e. The second kappa shape index (κ2) is 9.03. The van der Waals surface area contributed by atoms with Crippen molar-refractivity contribution in [3.63, 3.8) is 0 Å². The normalized spacial score (nSPS) is 14.7. The molecule has 3 rings (SSSR count). The smallest absolute Gasteiger partial charge is 0.317 e. The van der Waals surface area contributed by atoms with Crippen molar-refractivity contribution in [1.82, 2.24) is 20.2 Å². The first kappa shape index (κ1) is 18.0. The van der Waals surface area contributed by atoms with E-state index in [1.54, 1.807) is 25.7 Å². The summed E-state index contributed by atoms with van der Waals surface area (Å²) >= 11 is 0. The number of ether oxygens (including phenoxy) is 2. The van der Waals surface area contributed by atoms with Crippen LogP contribution in [0.1, 0.15) is 18.4 Å². The topological polar surface area (TPSA) is 76.6 Å². The van der Waals surface area contributed by atoms with Crippen molar-refractivity contribution in [2.24, 2.45) is 0 Å². The Labute approximate surface area is 153 Å².